The van der Waals surface area contributed by atoms with E-state index in [9.17, 15) is 14.4 Å². The molecule has 0 radical (unpaired) electrons. The molecule has 1 atom stereocenters. The van der Waals surface area contributed by atoms with Crippen LogP contribution >= 0.6 is 0 Å². The Balaban J connectivity index is 1.42. The van der Waals surface area contributed by atoms with E-state index in [1.165, 1.54) is 11.2 Å². The van der Waals surface area contributed by atoms with Gasteiger partial charge in [-0.15, -0.1) is 0 Å². The monoisotopic (exact) mass is 397 g/mol. The van der Waals surface area contributed by atoms with Gasteiger partial charge < -0.3 is 14.1 Å². The summed E-state index contributed by atoms with van der Waals surface area (Å²) in [5.41, 5.74) is 0.528. The van der Waals surface area contributed by atoms with Crippen LogP contribution < -0.4 is 9.64 Å². The molecule has 8 nitrogen and oxygen atoms in total. The third-order valence-electron chi connectivity index (χ3n) is 5.28. The van der Waals surface area contributed by atoms with Crippen LogP contribution in [0, 0.1) is 0 Å². The Bertz CT molecular complexity index is 903. The first-order valence-electron chi connectivity index (χ1n) is 9.75. The highest BCUT2D eigenvalue weighted by Crippen LogP contribution is 2.29. The maximum absolute atomic E-state index is 13.0. The summed E-state index contributed by atoms with van der Waals surface area (Å²) in [6, 6.07) is 9.84. The molecule has 0 spiro atoms. The molecule has 1 aromatic heterocycles. The quantitative estimate of drug-likeness (QED) is 0.715. The number of amides is 3. The lowest BCUT2D eigenvalue weighted by Crippen LogP contribution is -2.53. The molecular weight excluding hydrogens is 374 g/mol. The molecule has 2 aliphatic heterocycles. The van der Waals surface area contributed by atoms with Gasteiger partial charge in [-0.25, -0.2) is 4.90 Å². The Morgan fingerprint density at radius 2 is 1.93 bits per heavy atom. The molecule has 1 aromatic carbocycles. The molecule has 0 aliphatic carbocycles. The number of nitrogens with zero attached hydrogens (tertiary/aromatic N) is 3. The van der Waals surface area contributed by atoms with Gasteiger partial charge in [0.2, 0.25) is 5.91 Å². The Labute approximate surface area is 168 Å². The molecule has 3 amide bonds. The van der Waals surface area contributed by atoms with Gasteiger partial charge in [-0.2, -0.15) is 0 Å². The normalized spacial score (nSPS) is 20.4. The summed E-state index contributed by atoms with van der Waals surface area (Å²) < 4.78 is 10.7. The molecule has 0 bridgehead atoms. The topological polar surface area (TPSA) is 83.3 Å². The zero-order valence-corrected chi connectivity index (χ0v) is 16.2. The van der Waals surface area contributed by atoms with Gasteiger partial charge in [-0.05, 0) is 31.2 Å². The highest BCUT2D eigenvalue weighted by Gasteiger charge is 2.43. The summed E-state index contributed by atoms with van der Waals surface area (Å²) >= 11 is 0. The maximum Gasteiger partial charge on any atom is 0.289 e. The summed E-state index contributed by atoms with van der Waals surface area (Å²) in [4.78, 5) is 42.9. The predicted molar refractivity (Wildman–Crippen MR) is 105 cm³/mol. The van der Waals surface area contributed by atoms with E-state index < -0.39 is 6.04 Å². The smallest absolute Gasteiger partial charge is 0.289 e. The van der Waals surface area contributed by atoms with E-state index in [0.29, 0.717) is 50.0 Å². The number of hydrogen-bond donors (Lipinski definition) is 0. The van der Waals surface area contributed by atoms with Crippen LogP contribution in [0.4, 0.5) is 5.69 Å². The number of piperazine rings is 1. The summed E-state index contributed by atoms with van der Waals surface area (Å²) in [5, 5.41) is 0. The van der Waals surface area contributed by atoms with Gasteiger partial charge in [0, 0.05) is 32.2 Å². The van der Waals surface area contributed by atoms with E-state index in [4.69, 9.17) is 9.15 Å². The fourth-order valence-corrected chi connectivity index (χ4v) is 3.84. The van der Waals surface area contributed by atoms with Gasteiger partial charge in [0.15, 0.2) is 5.76 Å². The molecule has 4 rings (SSSR count). The van der Waals surface area contributed by atoms with Gasteiger partial charge in [0.05, 0.1) is 31.0 Å². The first-order valence-corrected chi connectivity index (χ1v) is 9.75. The summed E-state index contributed by atoms with van der Waals surface area (Å²) in [6.07, 6.45) is 1.62. The molecule has 2 aliphatic rings. The second-order valence-corrected chi connectivity index (χ2v) is 7.02. The zero-order valence-electron chi connectivity index (χ0n) is 16.2. The predicted octanol–water partition coefficient (Wildman–Crippen LogP) is 1.77. The fraction of sp³-hybridized carbons (Fsp3) is 0.381. The maximum atomic E-state index is 13.0. The SMILES string of the molecule is CCOc1cccc(N2C(=O)C[C@@H](N3CCN(C(=O)c4ccco4)CC3)C2=O)c1. The number of ether oxygens (including phenoxy) is 1. The standard InChI is InChI=1S/C21H23N3O5/c1-2-28-16-6-3-5-15(13-16)24-19(25)14-17(20(24)26)22-8-10-23(11-9-22)21(27)18-7-4-12-29-18/h3-7,12-13,17H,2,8-11,14H2,1H3/t17-/m1/s1. The van der Waals surface area contributed by atoms with Crippen molar-refractivity contribution in [3.8, 4) is 5.75 Å². The Morgan fingerprint density at radius 3 is 2.62 bits per heavy atom. The first-order chi connectivity index (χ1) is 14.1. The van der Waals surface area contributed by atoms with Crippen LogP contribution in [0.15, 0.2) is 47.1 Å². The largest absolute Gasteiger partial charge is 0.494 e. The molecular formula is C21H23N3O5. The Morgan fingerprint density at radius 1 is 1.14 bits per heavy atom. The minimum absolute atomic E-state index is 0.143. The molecule has 29 heavy (non-hydrogen) atoms. The Hall–Kier alpha value is -3.13. The molecule has 3 heterocycles. The molecule has 0 unspecified atom stereocenters. The summed E-state index contributed by atoms with van der Waals surface area (Å²) in [7, 11) is 0. The van der Waals surface area contributed by atoms with Crippen LogP contribution in [0.5, 0.6) is 5.75 Å². The van der Waals surface area contributed by atoms with Crippen molar-refractivity contribution in [3.05, 3.63) is 48.4 Å². The number of anilines is 1. The van der Waals surface area contributed by atoms with Crippen molar-refractivity contribution in [2.45, 2.75) is 19.4 Å². The minimum atomic E-state index is -0.501. The average Bonchev–Trinajstić information content (AvgIpc) is 3.36. The third-order valence-corrected chi connectivity index (χ3v) is 5.28. The van der Waals surface area contributed by atoms with E-state index in [2.05, 4.69) is 0 Å². The highest BCUT2D eigenvalue weighted by molar-refractivity contribution is 6.22. The van der Waals surface area contributed by atoms with Crippen LogP contribution in [-0.4, -0.2) is 66.3 Å². The van der Waals surface area contributed by atoms with Gasteiger partial charge in [-0.3, -0.25) is 19.3 Å². The number of carbonyl (C=O) groups excluding carboxylic acids is 3. The lowest BCUT2D eigenvalue weighted by molar-refractivity contribution is -0.123. The number of furan rings is 1. The van der Waals surface area contributed by atoms with Crippen molar-refractivity contribution in [2.75, 3.05) is 37.7 Å². The third kappa shape index (κ3) is 3.75. The molecule has 152 valence electrons. The van der Waals surface area contributed by atoms with E-state index in [-0.39, 0.29) is 24.1 Å². The number of imide groups is 1. The van der Waals surface area contributed by atoms with Crippen molar-refractivity contribution >= 4 is 23.4 Å². The first kappa shape index (κ1) is 19.2. The second-order valence-electron chi connectivity index (χ2n) is 7.02. The van der Waals surface area contributed by atoms with Gasteiger partial charge in [-0.1, -0.05) is 6.07 Å². The van der Waals surface area contributed by atoms with Crippen molar-refractivity contribution in [2.24, 2.45) is 0 Å². The van der Waals surface area contributed by atoms with Crippen molar-refractivity contribution in [1.82, 2.24) is 9.80 Å². The molecule has 2 saturated heterocycles. The lowest BCUT2D eigenvalue weighted by atomic mass is 10.1. The number of benzene rings is 1. The van der Waals surface area contributed by atoms with Gasteiger partial charge in [0.25, 0.3) is 11.8 Å². The second kappa shape index (κ2) is 8.08. The fourth-order valence-electron chi connectivity index (χ4n) is 3.84. The van der Waals surface area contributed by atoms with Crippen molar-refractivity contribution < 1.29 is 23.5 Å². The van der Waals surface area contributed by atoms with E-state index >= 15 is 0 Å². The number of carbonyl (C=O) groups is 3. The lowest BCUT2D eigenvalue weighted by Gasteiger charge is -2.36. The molecule has 2 aromatic rings. The van der Waals surface area contributed by atoms with E-state index in [1.807, 2.05) is 11.8 Å². The molecule has 0 saturated carbocycles. The molecule has 8 heteroatoms. The van der Waals surface area contributed by atoms with E-state index in [1.54, 1.807) is 41.3 Å². The van der Waals surface area contributed by atoms with Crippen molar-refractivity contribution in [1.29, 1.82) is 0 Å². The van der Waals surface area contributed by atoms with Gasteiger partial charge >= 0.3 is 0 Å². The van der Waals surface area contributed by atoms with Crippen molar-refractivity contribution in [3.63, 3.8) is 0 Å². The molecule has 2 fully saturated rings. The van der Waals surface area contributed by atoms with Crippen LogP contribution in [-0.2, 0) is 9.59 Å². The highest BCUT2D eigenvalue weighted by atomic mass is 16.5. The van der Waals surface area contributed by atoms with Crippen LogP contribution in [0.1, 0.15) is 23.9 Å². The Kier molecular flexibility index (Phi) is 5.35. The number of hydrogen-bond acceptors (Lipinski definition) is 6. The summed E-state index contributed by atoms with van der Waals surface area (Å²) in [6.45, 7) is 4.42. The van der Waals surface area contributed by atoms with Crippen LogP contribution in [0.2, 0.25) is 0 Å². The van der Waals surface area contributed by atoms with Gasteiger partial charge in [0.1, 0.15) is 5.75 Å². The van der Waals surface area contributed by atoms with E-state index in [0.717, 1.165) is 0 Å². The average molecular weight is 397 g/mol. The van der Waals surface area contributed by atoms with Crippen LogP contribution in [0.25, 0.3) is 0 Å². The van der Waals surface area contributed by atoms with Crippen LogP contribution in [0.3, 0.4) is 0 Å². The molecule has 0 N–H and O–H groups in total. The summed E-state index contributed by atoms with van der Waals surface area (Å²) in [5.74, 6) is 0.333. The number of rotatable bonds is 5. The zero-order chi connectivity index (χ0) is 20.4. The minimum Gasteiger partial charge on any atom is -0.494 e.